The normalized spacial score (nSPS) is 12.8. The number of methoxy groups -OCH3 is 1. The van der Waals surface area contributed by atoms with Crippen molar-refractivity contribution in [1.29, 1.82) is 0 Å². The SMILES string of the molecule is COCC(NN)c1cc(F)ccc1N. The van der Waals surface area contributed by atoms with E-state index < -0.39 is 0 Å². The molecule has 0 heterocycles. The number of rotatable bonds is 4. The molecule has 1 atom stereocenters. The number of benzene rings is 1. The lowest BCUT2D eigenvalue weighted by atomic mass is 10.1. The molecule has 5 N–H and O–H groups in total. The van der Waals surface area contributed by atoms with E-state index in [0.717, 1.165) is 0 Å². The average Bonchev–Trinajstić information content (AvgIpc) is 2.18. The Balaban J connectivity index is 2.96. The highest BCUT2D eigenvalue weighted by molar-refractivity contribution is 5.48. The van der Waals surface area contributed by atoms with Crippen molar-refractivity contribution < 1.29 is 9.13 Å². The molecule has 0 saturated carbocycles. The van der Waals surface area contributed by atoms with Crippen LogP contribution in [0.15, 0.2) is 18.2 Å². The Bertz CT molecular complexity index is 306. The van der Waals surface area contributed by atoms with Gasteiger partial charge >= 0.3 is 0 Å². The Morgan fingerprint density at radius 3 is 2.86 bits per heavy atom. The molecule has 0 aliphatic carbocycles. The largest absolute Gasteiger partial charge is 0.398 e. The summed E-state index contributed by atoms with van der Waals surface area (Å²) < 4.78 is 17.8. The predicted octanol–water partition coefficient (Wildman–Crippen LogP) is 0.559. The highest BCUT2D eigenvalue weighted by atomic mass is 19.1. The molecule has 4 nitrogen and oxygen atoms in total. The summed E-state index contributed by atoms with van der Waals surface area (Å²) in [6.45, 7) is 0.337. The third-order valence-corrected chi connectivity index (χ3v) is 1.96. The van der Waals surface area contributed by atoms with E-state index in [9.17, 15) is 4.39 Å². The molecule has 0 saturated heterocycles. The van der Waals surface area contributed by atoms with Gasteiger partial charge in [0, 0.05) is 12.8 Å². The van der Waals surface area contributed by atoms with Crippen LogP contribution in [0.5, 0.6) is 0 Å². The van der Waals surface area contributed by atoms with Gasteiger partial charge in [-0.2, -0.15) is 0 Å². The van der Waals surface area contributed by atoms with Crippen LogP contribution in [-0.4, -0.2) is 13.7 Å². The van der Waals surface area contributed by atoms with Crippen molar-refractivity contribution in [3.63, 3.8) is 0 Å². The van der Waals surface area contributed by atoms with Gasteiger partial charge in [-0.1, -0.05) is 0 Å². The predicted molar refractivity (Wildman–Crippen MR) is 52.8 cm³/mol. The second kappa shape index (κ2) is 4.90. The fourth-order valence-electron chi connectivity index (χ4n) is 1.24. The summed E-state index contributed by atoms with van der Waals surface area (Å²) in [5, 5.41) is 0. The topological polar surface area (TPSA) is 73.3 Å². The summed E-state index contributed by atoms with van der Waals surface area (Å²) in [4.78, 5) is 0. The molecule has 5 heteroatoms. The molecule has 14 heavy (non-hydrogen) atoms. The molecular formula is C9H14FN3O. The summed E-state index contributed by atoms with van der Waals surface area (Å²) in [5.41, 5.74) is 9.29. The quantitative estimate of drug-likeness (QED) is 0.376. The van der Waals surface area contributed by atoms with Gasteiger partial charge in [-0.05, 0) is 23.8 Å². The van der Waals surface area contributed by atoms with E-state index >= 15 is 0 Å². The Morgan fingerprint density at radius 2 is 2.29 bits per heavy atom. The van der Waals surface area contributed by atoms with Gasteiger partial charge in [-0.15, -0.1) is 0 Å². The number of anilines is 1. The van der Waals surface area contributed by atoms with E-state index in [2.05, 4.69) is 5.43 Å². The maximum Gasteiger partial charge on any atom is 0.123 e. The number of hydrogen-bond donors (Lipinski definition) is 3. The van der Waals surface area contributed by atoms with E-state index in [1.807, 2.05) is 0 Å². The summed E-state index contributed by atoms with van der Waals surface area (Å²) in [6, 6.07) is 3.86. The lowest BCUT2D eigenvalue weighted by Crippen LogP contribution is -2.31. The first kappa shape index (κ1) is 10.9. The van der Waals surface area contributed by atoms with Crippen molar-refractivity contribution in [1.82, 2.24) is 5.43 Å². The van der Waals surface area contributed by atoms with Crippen LogP contribution in [0, 0.1) is 5.82 Å². The molecule has 1 rings (SSSR count). The monoisotopic (exact) mass is 199 g/mol. The van der Waals surface area contributed by atoms with Crippen LogP contribution in [0.4, 0.5) is 10.1 Å². The maximum absolute atomic E-state index is 12.9. The van der Waals surface area contributed by atoms with Gasteiger partial charge in [0.2, 0.25) is 0 Å². The summed E-state index contributed by atoms with van der Waals surface area (Å²) in [7, 11) is 1.54. The number of halogens is 1. The Kier molecular flexibility index (Phi) is 3.82. The second-order valence-corrected chi connectivity index (χ2v) is 2.95. The van der Waals surface area contributed by atoms with Crippen LogP contribution in [0.3, 0.4) is 0 Å². The van der Waals surface area contributed by atoms with E-state index in [1.54, 1.807) is 7.11 Å². The molecule has 0 aromatic heterocycles. The maximum atomic E-state index is 12.9. The Morgan fingerprint density at radius 1 is 1.57 bits per heavy atom. The zero-order valence-electron chi connectivity index (χ0n) is 7.96. The first-order valence-electron chi connectivity index (χ1n) is 4.19. The number of nitrogens with one attached hydrogen (secondary N) is 1. The molecule has 0 bridgehead atoms. The van der Waals surface area contributed by atoms with Crippen molar-refractivity contribution >= 4 is 5.69 Å². The number of nitrogens with two attached hydrogens (primary N) is 2. The highest BCUT2D eigenvalue weighted by Crippen LogP contribution is 2.20. The molecular weight excluding hydrogens is 185 g/mol. The van der Waals surface area contributed by atoms with Crippen molar-refractivity contribution in [2.45, 2.75) is 6.04 Å². The summed E-state index contributed by atoms with van der Waals surface area (Å²) in [5.74, 6) is 4.96. The fraction of sp³-hybridized carbons (Fsp3) is 0.333. The van der Waals surface area contributed by atoms with Gasteiger partial charge < -0.3 is 10.5 Å². The van der Waals surface area contributed by atoms with Crippen LogP contribution >= 0.6 is 0 Å². The van der Waals surface area contributed by atoms with Gasteiger partial charge in [0.1, 0.15) is 5.82 Å². The molecule has 1 aromatic carbocycles. The molecule has 1 aromatic rings. The van der Waals surface area contributed by atoms with Gasteiger partial charge in [-0.3, -0.25) is 11.3 Å². The lowest BCUT2D eigenvalue weighted by molar-refractivity contribution is 0.167. The van der Waals surface area contributed by atoms with Crippen molar-refractivity contribution in [3.05, 3.63) is 29.6 Å². The van der Waals surface area contributed by atoms with Crippen LogP contribution in [-0.2, 0) is 4.74 Å². The molecule has 0 amide bonds. The van der Waals surface area contributed by atoms with Crippen LogP contribution < -0.4 is 17.0 Å². The molecule has 1 unspecified atom stereocenters. The van der Waals surface area contributed by atoms with Gasteiger partial charge in [0.25, 0.3) is 0 Å². The minimum atomic E-state index is -0.342. The minimum Gasteiger partial charge on any atom is -0.398 e. The van der Waals surface area contributed by atoms with Gasteiger partial charge in [0.05, 0.1) is 12.6 Å². The van der Waals surface area contributed by atoms with Crippen molar-refractivity contribution in [2.24, 2.45) is 5.84 Å². The number of hydrazine groups is 1. The lowest BCUT2D eigenvalue weighted by Gasteiger charge is -2.17. The number of ether oxygens (including phenoxy) is 1. The standard InChI is InChI=1S/C9H14FN3O/c1-14-5-9(13-12)7-4-6(10)2-3-8(7)11/h2-4,9,13H,5,11-12H2,1H3. The number of nitrogen functional groups attached to an aromatic ring is 1. The highest BCUT2D eigenvalue weighted by Gasteiger charge is 2.13. The van der Waals surface area contributed by atoms with Crippen molar-refractivity contribution in [2.75, 3.05) is 19.5 Å². The third-order valence-electron chi connectivity index (χ3n) is 1.96. The zero-order chi connectivity index (χ0) is 10.6. The first-order valence-corrected chi connectivity index (χ1v) is 4.19. The van der Waals surface area contributed by atoms with Gasteiger partial charge in [0.15, 0.2) is 0 Å². The van der Waals surface area contributed by atoms with Crippen LogP contribution in [0.25, 0.3) is 0 Å². The van der Waals surface area contributed by atoms with E-state index in [-0.39, 0.29) is 11.9 Å². The van der Waals surface area contributed by atoms with Gasteiger partial charge in [-0.25, -0.2) is 4.39 Å². The average molecular weight is 199 g/mol. The van der Waals surface area contributed by atoms with Crippen LogP contribution in [0.1, 0.15) is 11.6 Å². The van der Waals surface area contributed by atoms with Crippen LogP contribution in [0.2, 0.25) is 0 Å². The van der Waals surface area contributed by atoms with E-state index in [1.165, 1.54) is 18.2 Å². The molecule has 78 valence electrons. The molecule has 0 aliphatic rings. The summed E-state index contributed by atoms with van der Waals surface area (Å²) >= 11 is 0. The number of hydrogen-bond acceptors (Lipinski definition) is 4. The third kappa shape index (κ3) is 2.41. The van der Waals surface area contributed by atoms with E-state index in [0.29, 0.717) is 17.9 Å². The minimum absolute atomic E-state index is 0.296. The Hall–Kier alpha value is -1.17. The molecule has 0 radical (unpaired) electrons. The van der Waals surface area contributed by atoms with Crippen molar-refractivity contribution in [3.8, 4) is 0 Å². The smallest absolute Gasteiger partial charge is 0.123 e. The van der Waals surface area contributed by atoms with E-state index in [4.69, 9.17) is 16.3 Å². The molecule has 0 spiro atoms. The fourth-order valence-corrected chi connectivity index (χ4v) is 1.24. The first-order chi connectivity index (χ1) is 6.69. The molecule has 0 fully saturated rings. The Labute approximate surface area is 82.0 Å². The zero-order valence-corrected chi connectivity index (χ0v) is 7.96. The second-order valence-electron chi connectivity index (χ2n) is 2.95. The molecule has 0 aliphatic heterocycles. The summed E-state index contributed by atoms with van der Waals surface area (Å²) in [6.07, 6.45) is 0.